The predicted octanol–water partition coefficient (Wildman–Crippen LogP) is 2.77. The number of hydrogen-bond acceptors (Lipinski definition) is 3. The van der Waals surface area contributed by atoms with Gasteiger partial charge in [-0.15, -0.1) is 0 Å². The number of fused-ring (bicyclic) bond motifs is 1. The van der Waals surface area contributed by atoms with Crippen molar-refractivity contribution >= 4 is 11.8 Å². The molecule has 130 valence electrons. The Labute approximate surface area is 148 Å². The highest BCUT2D eigenvalue weighted by molar-refractivity contribution is 6.01. The fraction of sp³-hybridized carbons (Fsp3) is 0.350. The zero-order chi connectivity index (χ0) is 17.8. The maximum atomic E-state index is 12.9. The lowest BCUT2D eigenvalue weighted by atomic mass is 9.96. The standard InChI is InChI=1S/C20H23N3O2/c1-3-14(2)18(19(24)22-12-15-7-6-10-21-11-15)23-13-16-8-4-5-9-17(16)20(23)25/h4-11,14,18H,3,12-13H2,1-2H3,(H,22,24)/t14-,18-/m1/s1. The van der Waals surface area contributed by atoms with Crippen molar-refractivity contribution in [2.45, 2.75) is 39.4 Å². The molecule has 1 aromatic heterocycles. The van der Waals surface area contributed by atoms with Crippen LogP contribution < -0.4 is 5.32 Å². The number of pyridine rings is 1. The van der Waals surface area contributed by atoms with E-state index in [0.29, 0.717) is 18.7 Å². The van der Waals surface area contributed by atoms with Crippen LogP contribution in [0.4, 0.5) is 0 Å². The van der Waals surface area contributed by atoms with E-state index < -0.39 is 6.04 Å². The van der Waals surface area contributed by atoms with Crippen LogP contribution in [-0.4, -0.2) is 27.7 Å². The molecule has 1 aliphatic rings. The van der Waals surface area contributed by atoms with Crippen LogP contribution in [0.2, 0.25) is 0 Å². The van der Waals surface area contributed by atoms with Gasteiger partial charge in [0.15, 0.2) is 0 Å². The molecule has 0 saturated heterocycles. The van der Waals surface area contributed by atoms with Gasteiger partial charge in [0, 0.05) is 31.0 Å². The molecule has 2 heterocycles. The maximum Gasteiger partial charge on any atom is 0.255 e. The molecule has 5 nitrogen and oxygen atoms in total. The lowest BCUT2D eigenvalue weighted by Gasteiger charge is -2.31. The SMILES string of the molecule is CC[C@@H](C)[C@H](C(=O)NCc1cccnc1)N1Cc2ccccc2C1=O. The summed E-state index contributed by atoms with van der Waals surface area (Å²) in [6.45, 7) is 4.96. The Morgan fingerprint density at radius 3 is 2.76 bits per heavy atom. The number of benzene rings is 1. The Bertz CT molecular complexity index is 761. The summed E-state index contributed by atoms with van der Waals surface area (Å²) in [5, 5.41) is 2.97. The van der Waals surface area contributed by atoms with E-state index in [1.807, 2.05) is 50.2 Å². The fourth-order valence-electron chi connectivity index (χ4n) is 3.23. The molecular weight excluding hydrogens is 314 g/mol. The zero-order valence-electron chi connectivity index (χ0n) is 14.6. The molecule has 5 heteroatoms. The van der Waals surface area contributed by atoms with E-state index in [9.17, 15) is 9.59 Å². The van der Waals surface area contributed by atoms with Gasteiger partial charge in [-0.05, 0) is 29.2 Å². The molecule has 0 saturated carbocycles. The summed E-state index contributed by atoms with van der Waals surface area (Å²) in [5.74, 6) is -0.0936. The third-order valence-electron chi connectivity index (χ3n) is 4.83. The van der Waals surface area contributed by atoms with E-state index in [1.165, 1.54) is 0 Å². The Balaban J connectivity index is 1.76. The van der Waals surface area contributed by atoms with Crippen molar-refractivity contribution in [1.29, 1.82) is 0 Å². The molecule has 1 N–H and O–H groups in total. The van der Waals surface area contributed by atoms with Gasteiger partial charge >= 0.3 is 0 Å². The lowest BCUT2D eigenvalue weighted by molar-refractivity contribution is -0.127. The molecule has 2 amide bonds. The van der Waals surface area contributed by atoms with Gasteiger partial charge < -0.3 is 10.2 Å². The van der Waals surface area contributed by atoms with E-state index >= 15 is 0 Å². The molecule has 25 heavy (non-hydrogen) atoms. The second-order valence-electron chi connectivity index (χ2n) is 6.50. The highest BCUT2D eigenvalue weighted by atomic mass is 16.2. The second kappa shape index (κ2) is 7.47. The van der Waals surface area contributed by atoms with E-state index in [1.54, 1.807) is 17.3 Å². The number of rotatable bonds is 6. The summed E-state index contributed by atoms with van der Waals surface area (Å²) in [6.07, 6.45) is 4.26. The van der Waals surface area contributed by atoms with Crippen molar-refractivity contribution in [2.75, 3.05) is 0 Å². The molecule has 0 spiro atoms. The third-order valence-corrected chi connectivity index (χ3v) is 4.83. The molecule has 0 aliphatic carbocycles. The topological polar surface area (TPSA) is 62.3 Å². The summed E-state index contributed by atoms with van der Waals surface area (Å²) in [5.41, 5.74) is 2.63. The smallest absolute Gasteiger partial charge is 0.255 e. The number of carbonyl (C=O) groups is 2. The zero-order valence-corrected chi connectivity index (χ0v) is 14.6. The van der Waals surface area contributed by atoms with Crippen LogP contribution in [0.15, 0.2) is 48.8 Å². The Morgan fingerprint density at radius 1 is 1.28 bits per heavy atom. The van der Waals surface area contributed by atoms with Crippen LogP contribution in [0, 0.1) is 5.92 Å². The number of nitrogens with one attached hydrogen (secondary N) is 1. The average Bonchev–Trinajstić information content (AvgIpc) is 2.97. The Kier molecular flexibility index (Phi) is 5.12. The van der Waals surface area contributed by atoms with Gasteiger partial charge in [0.25, 0.3) is 5.91 Å². The molecule has 2 atom stereocenters. The van der Waals surface area contributed by atoms with Crippen LogP contribution >= 0.6 is 0 Å². The summed E-state index contributed by atoms with van der Waals surface area (Å²) in [6, 6.07) is 10.9. The van der Waals surface area contributed by atoms with Gasteiger partial charge in [0.1, 0.15) is 6.04 Å². The van der Waals surface area contributed by atoms with Crippen molar-refractivity contribution in [1.82, 2.24) is 15.2 Å². The molecule has 3 rings (SSSR count). The largest absolute Gasteiger partial charge is 0.350 e. The minimum Gasteiger partial charge on any atom is -0.350 e. The highest BCUT2D eigenvalue weighted by Gasteiger charge is 2.38. The van der Waals surface area contributed by atoms with Gasteiger partial charge in [0.2, 0.25) is 5.91 Å². The second-order valence-corrected chi connectivity index (χ2v) is 6.50. The molecule has 0 bridgehead atoms. The fourth-order valence-corrected chi connectivity index (χ4v) is 3.23. The van der Waals surface area contributed by atoms with E-state index in [2.05, 4.69) is 10.3 Å². The molecule has 1 aromatic carbocycles. The third kappa shape index (κ3) is 3.55. The number of hydrogen-bond donors (Lipinski definition) is 1. The predicted molar refractivity (Wildman–Crippen MR) is 95.6 cm³/mol. The molecular formula is C20H23N3O2. The van der Waals surface area contributed by atoms with Crippen molar-refractivity contribution in [2.24, 2.45) is 5.92 Å². The molecule has 0 fully saturated rings. The summed E-state index contributed by atoms with van der Waals surface area (Å²) in [4.78, 5) is 31.4. The normalized spacial score (nSPS) is 15.6. The van der Waals surface area contributed by atoms with Crippen LogP contribution in [0.1, 0.15) is 41.8 Å². The lowest BCUT2D eigenvalue weighted by Crippen LogP contribution is -2.50. The van der Waals surface area contributed by atoms with Gasteiger partial charge in [-0.3, -0.25) is 14.6 Å². The minimum absolute atomic E-state index is 0.0579. The number of nitrogens with zero attached hydrogens (tertiary/aromatic N) is 2. The van der Waals surface area contributed by atoms with Crippen LogP contribution in [0.3, 0.4) is 0 Å². The van der Waals surface area contributed by atoms with Crippen LogP contribution in [0.25, 0.3) is 0 Å². The average molecular weight is 337 g/mol. The molecule has 0 unspecified atom stereocenters. The van der Waals surface area contributed by atoms with Crippen LogP contribution in [0.5, 0.6) is 0 Å². The first-order valence-electron chi connectivity index (χ1n) is 8.67. The van der Waals surface area contributed by atoms with Gasteiger partial charge in [-0.1, -0.05) is 44.5 Å². The van der Waals surface area contributed by atoms with Crippen molar-refractivity contribution in [3.63, 3.8) is 0 Å². The monoisotopic (exact) mass is 337 g/mol. The van der Waals surface area contributed by atoms with E-state index in [-0.39, 0.29) is 17.7 Å². The van der Waals surface area contributed by atoms with E-state index in [0.717, 1.165) is 17.5 Å². The number of aromatic nitrogens is 1. The quantitative estimate of drug-likeness (QED) is 0.882. The number of carbonyl (C=O) groups excluding carboxylic acids is 2. The van der Waals surface area contributed by atoms with Gasteiger partial charge in [0.05, 0.1) is 0 Å². The first kappa shape index (κ1) is 17.1. The van der Waals surface area contributed by atoms with Crippen LogP contribution in [-0.2, 0) is 17.9 Å². The maximum absolute atomic E-state index is 12.9. The van der Waals surface area contributed by atoms with Crippen molar-refractivity contribution in [3.05, 3.63) is 65.5 Å². The van der Waals surface area contributed by atoms with Crippen molar-refractivity contribution < 1.29 is 9.59 Å². The van der Waals surface area contributed by atoms with Gasteiger partial charge in [-0.25, -0.2) is 0 Å². The summed E-state index contributed by atoms with van der Waals surface area (Å²) in [7, 11) is 0. The van der Waals surface area contributed by atoms with Crippen molar-refractivity contribution in [3.8, 4) is 0 Å². The Hall–Kier alpha value is -2.69. The molecule has 1 aliphatic heterocycles. The minimum atomic E-state index is -0.471. The molecule has 2 aromatic rings. The highest BCUT2D eigenvalue weighted by Crippen LogP contribution is 2.28. The summed E-state index contributed by atoms with van der Waals surface area (Å²) >= 11 is 0. The Morgan fingerprint density at radius 2 is 2.08 bits per heavy atom. The summed E-state index contributed by atoms with van der Waals surface area (Å²) < 4.78 is 0. The number of amides is 2. The molecule has 0 radical (unpaired) electrons. The first-order valence-corrected chi connectivity index (χ1v) is 8.67. The first-order chi connectivity index (χ1) is 12.1. The van der Waals surface area contributed by atoms with Gasteiger partial charge in [-0.2, -0.15) is 0 Å². The van der Waals surface area contributed by atoms with E-state index in [4.69, 9.17) is 0 Å².